The van der Waals surface area contributed by atoms with Gasteiger partial charge in [0.15, 0.2) is 11.5 Å². The summed E-state index contributed by atoms with van der Waals surface area (Å²) >= 11 is 0. The van der Waals surface area contributed by atoms with Crippen LogP contribution in [-0.2, 0) is 0 Å². The van der Waals surface area contributed by atoms with E-state index in [0.29, 0.717) is 17.5 Å². The van der Waals surface area contributed by atoms with E-state index in [1.165, 1.54) is 0 Å². The van der Waals surface area contributed by atoms with Crippen molar-refractivity contribution in [1.82, 2.24) is 20.6 Å². The first-order valence-corrected chi connectivity index (χ1v) is 10.0. The van der Waals surface area contributed by atoms with Gasteiger partial charge in [-0.15, -0.1) is 0 Å². The van der Waals surface area contributed by atoms with Crippen molar-refractivity contribution >= 4 is 5.91 Å². The second-order valence-electron chi connectivity index (χ2n) is 8.54. The highest BCUT2D eigenvalue weighted by atomic mass is 16.5. The number of amides is 1. The summed E-state index contributed by atoms with van der Waals surface area (Å²) in [5.74, 6) is 0.965. The number of nitrogens with one attached hydrogen (secondary N) is 1. The van der Waals surface area contributed by atoms with E-state index in [0.717, 1.165) is 16.7 Å². The number of benzene rings is 2. The second-order valence-corrected chi connectivity index (χ2v) is 8.54. The van der Waals surface area contributed by atoms with Crippen LogP contribution < -0.4 is 5.32 Å². The molecule has 4 rings (SSSR count). The minimum atomic E-state index is -0.510. The van der Waals surface area contributed by atoms with E-state index in [-0.39, 0.29) is 17.0 Å². The lowest BCUT2D eigenvalue weighted by atomic mass is 9.86. The van der Waals surface area contributed by atoms with Crippen molar-refractivity contribution in [3.8, 4) is 22.7 Å². The normalized spacial score (nSPS) is 12.5. The summed E-state index contributed by atoms with van der Waals surface area (Å²) in [5.41, 5.74) is 2.65. The number of aromatic nitrogens is 3. The zero-order chi connectivity index (χ0) is 22.0. The zero-order valence-corrected chi connectivity index (χ0v) is 17.9. The molecule has 2 heterocycles. The van der Waals surface area contributed by atoms with E-state index >= 15 is 0 Å². The molecule has 0 radical (unpaired) electrons. The van der Waals surface area contributed by atoms with E-state index in [4.69, 9.17) is 9.05 Å². The lowest BCUT2D eigenvalue weighted by Crippen LogP contribution is -2.37. The highest BCUT2D eigenvalue weighted by Gasteiger charge is 2.34. The van der Waals surface area contributed by atoms with Gasteiger partial charge in [0.2, 0.25) is 11.7 Å². The summed E-state index contributed by atoms with van der Waals surface area (Å²) in [4.78, 5) is 17.4. The van der Waals surface area contributed by atoms with Gasteiger partial charge in [0, 0.05) is 17.2 Å². The fourth-order valence-corrected chi connectivity index (χ4v) is 3.15. The zero-order valence-electron chi connectivity index (χ0n) is 17.9. The Morgan fingerprint density at radius 2 is 1.65 bits per heavy atom. The van der Waals surface area contributed by atoms with Crippen LogP contribution in [0.15, 0.2) is 69.7 Å². The summed E-state index contributed by atoms with van der Waals surface area (Å²) in [6.45, 7) is 7.98. The Morgan fingerprint density at radius 1 is 0.935 bits per heavy atom. The van der Waals surface area contributed by atoms with Crippen molar-refractivity contribution in [2.24, 2.45) is 5.41 Å². The van der Waals surface area contributed by atoms with E-state index in [1.807, 2.05) is 82.3 Å². The average Bonchev–Trinajstić information content (AvgIpc) is 3.42. The van der Waals surface area contributed by atoms with Crippen molar-refractivity contribution < 1.29 is 13.8 Å². The van der Waals surface area contributed by atoms with Crippen LogP contribution in [0.25, 0.3) is 22.7 Å². The van der Waals surface area contributed by atoms with Gasteiger partial charge < -0.3 is 14.4 Å². The second kappa shape index (κ2) is 8.18. The molecular formula is C24H24N4O3. The van der Waals surface area contributed by atoms with Gasteiger partial charge in [0.05, 0.1) is 0 Å². The number of rotatable bonds is 5. The van der Waals surface area contributed by atoms with Crippen LogP contribution in [0.4, 0.5) is 0 Å². The van der Waals surface area contributed by atoms with Gasteiger partial charge in [-0.25, -0.2) is 0 Å². The number of nitrogens with zero attached hydrogens (tertiary/aromatic N) is 3. The molecule has 0 spiro atoms. The first-order valence-electron chi connectivity index (χ1n) is 10.0. The standard InChI is InChI=1S/C24H24N4O3/c1-15-10-12-16(13-11-15)19-14-18(27-30-19)22(29)25-20(24(2,3)4)23-26-21(28-31-23)17-8-6-5-7-9-17/h5-14,20H,1-4H3,(H,25,29)/t20-/m0/s1. The summed E-state index contributed by atoms with van der Waals surface area (Å²) < 4.78 is 10.9. The van der Waals surface area contributed by atoms with E-state index in [9.17, 15) is 4.79 Å². The van der Waals surface area contributed by atoms with E-state index in [1.54, 1.807) is 6.07 Å². The number of carbonyl (C=O) groups excluding carboxylic acids is 1. The van der Waals surface area contributed by atoms with Crippen molar-refractivity contribution in [1.29, 1.82) is 0 Å². The number of hydrogen-bond acceptors (Lipinski definition) is 6. The highest BCUT2D eigenvalue weighted by molar-refractivity contribution is 5.93. The van der Waals surface area contributed by atoms with Crippen LogP contribution in [0.2, 0.25) is 0 Å². The molecular weight excluding hydrogens is 392 g/mol. The Morgan fingerprint density at radius 3 is 2.32 bits per heavy atom. The number of carbonyl (C=O) groups is 1. The number of hydrogen-bond donors (Lipinski definition) is 1. The van der Waals surface area contributed by atoms with Gasteiger partial charge in [0.1, 0.15) is 6.04 Å². The van der Waals surface area contributed by atoms with E-state index < -0.39 is 6.04 Å². The molecule has 0 aliphatic rings. The van der Waals surface area contributed by atoms with Gasteiger partial charge in [-0.3, -0.25) is 4.79 Å². The van der Waals surface area contributed by atoms with Gasteiger partial charge in [-0.2, -0.15) is 4.98 Å². The molecule has 0 aliphatic carbocycles. The largest absolute Gasteiger partial charge is 0.355 e. The molecule has 0 saturated carbocycles. The van der Waals surface area contributed by atoms with Crippen LogP contribution in [0, 0.1) is 12.3 Å². The summed E-state index contributed by atoms with van der Waals surface area (Å²) in [7, 11) is 0. The fraction of sp³-hybridized carbons (Fsp3) is 0.250. The molecule has 2 aromatic carbocycles. The van der Waals surface area contributed by atoms with Crippen LogP contribution in [-0.4, -0.2) is 21.2 Å². The summed E-state index contributed by atoms with van der Waals surface area (Å²) in [6, 6.07) is 18.5. The highest BCUT2D eigenvalue weighted by Crippen LogP contribution is 2.33. The Bertz CT molecular complexity index is 1170. The van der Waals surface area contributed by atoms with Gasteiger partial charge in [-0.05, 0) is 12.3 Å². The third-order valence-electron chi connectivity index (χ3n) is 4.94. The van der Waals surface area contributed by atoms with Crippen LogP contribution in [0.5, 0.6) is 0 Å². The quantitative estimate of drug-likeness (QED) is 0.479. The molecule has 1 N–H and O–H groups in total. The first kappa shape index (κ1) is 20.5. The Kier molecular flexibility index (Phi) is 5.42. The molecule has 7 nitrogen and oxygen atoms in total. The molecule has 158 valence electrons. The van der Waals surface area contributed by atoms with Crippen molar-refractivity contribution in [2.75, 3.05) is 0 Å². The van der Waals surface area contributed by atoms with Crippen LogP contribution >= 0.6 is 0 Å². The van der Waals surface area contributed by atoms with Gasteiger partial charge >= 0.3 is 0 Å². The molecule has 7 heteroatoms. The predicted molar refractivity (Wildman–Crippen MR) is 116 cm³/mol. The maximum Gasteiger partial charge on any atom is 0.274 e. The third kappa shape index (κ3) is 4.55. The van der Waals surface area contributed by atoms with Crippen molar-refractivity contribution in [3.63, 3.8) is 0 Å². The van der Waals surface area contributed by atoms with Crippen molar-refractivity contribution in [3.05, 3.63) is 77.8 Å². The average molecular weight is 416 g/mol. The van der Waals surface area contributed by atoms with Crippen LogP contribution in [0.1, 0.15) is 48.8 Å². The molecule has 0 saturated heterocycles. The molecule has 0 fully saturated rings. The SMILES string of the molecule is Cc1ccc(-c2cc(C(=O)N[C@@H](c3nc(-c4ccccc4)no3)C(C)(C)C)no2)cc1. The monoisotopic (exact) mass is 416 g/mol. The summed E-state index contributed by atoms with van der Waals surface area (Å²) in [5, 5.41) is 11.0. The molecule has 4 aromatic rings. The molecule has 0 bridgehead atoms. The summed E-state index contributed by atoms with van der Waals surface area (Å²) in [6.07, 6.45) is 0. The first-order chi connectivity index (χ1) is 14.8. The van der Waals surface area contributed by atoms with Crippen molar-refractivity contribution in [2.45, 2.75) is 33.7 Å². The Balaban J connectivity index is 1.56. The fourth-order valence-electron chi connectivity index (χ4n) is 3.15. The number of aryl methyl sites for hydroxylation is 1. The molecule has 1 amide bonds. The smallest absolute Gasteiger partial charge is 0.274 e. The molecule has 0 aliphatic heterocycles. The van der Waals surface area contributed by atoms with Crippen LogP contribution in [0.3, 0.4) is 0 Å². The lowest BCUT2D eigenvalue weighted by molar-refractivity contribution is 0.0871. The molecule has 0 unspecified atom stereocenters. The maximum absolute atomic E-state index is 12.9. The lowest BCUT2D eigenvalue weighted by Gasteiger charge is -2.27. The van der Waals surface area contributed by atoms with E-state index in [2.05, 4.69) is 20.6 Å². The predicted octanol–water partition coefficient (Wildman–Crippen LogP) is 5.22. The minimum absolute atomic E-state index is 0.188. The topological polar surface area (TPSA) is 94.1 Å². The minimum Gasteiger partial charge on any atom is -0.355 e. The van der Waals surface area contributed by atoms with Gasteiger partial charge in [0.25, 0.3) is 5.91 Å². The third-order valence-corrected chi connectivity index (χ3v) is 4.94. The Hall–Kier alpha value is -3.74. The molecule has 2 aromatic heterocycles. The Labute approximate surface area is 180 Å². The molecule has 31 heavy (non-hydrogen) atoms. The molecule has 1 atom stereocenters. The maximum atomic E-state index is 12.9. The van der Waals surface area contributed by atoms with Gasteiger partial charge in [-0.1, -0.05) is 91.2 Å².